The molecule has 0 amide bonds. The lowest BCUT2D eigenvalue weighted by Crippen LogP contribution is -2.23. The zero-order valence-corrected chi connectivity index (χ0v) is 12.7. The summed E-state index contributed by atoms with van der Waals surface area (Å²) in [5.41, 5.74) is 0.191. The maximum absolute atomic E-state index is 11.0. The summed E-state index contributed by atoms with van der Waals surface area (Å²) < 4.78 is 15.8. The van der Waals surface area contributed by atoms with Crippen LogP contribution in [0.15, 0.2) is 42.5 Å². The quantitative estimate of drug-likeness (QED) is 0.919. The SMILES string of the molecule is COc1cccc(C(C)(O)c2ccc(OC)cc2OC)c1. The van der Waals surface area contributed by atoms with E-state index in [2.05, 4.69) is 0 Å². The van der Waals surface area contributed by atoms with E-state index in [1.807, 2.05) is 24.3 Å². The molecule has 0 aliphatic carbocycles. The van der Waals surface area contributed by atoms with Gasteiger partial charge in [0.2, 0.25) is 0 Å². The zero-order valence-electron chi connectivity index (χ0n) is 12.7. The third-order valence-electron chi connectivity index (χ3n) is 3.57. The topological polar surface area (TPSA) is 47.9 Å². The molecule has 4 heteroatoms. The lowest BCUT2D eigenvalue weighted by molar-refractivity contribution is 0.0986. The minimum atomic E-state index is -1.20. The van der Waals surface area contributed by atoms with Gasteiger partial charge in [-0.25, -0.2) is 0 Å². The van der Waals surface area contributed by atoms with Crippen molar-refractivity contribution in [2.75, 3.05) is 21.3 Å². The summed E-state index contributed by atoms with van der Waals surface area (Å²) in [5.74, 6) is 1.94. The second-order valence-electron chi connectivity index (χ2n) is 4.87. The zero-order chi connectivity index (χ0) is 15.5. The molecule has 0 radical (unpaired) electrons. The fourth-order valence-electron chi connectivity index (χ4n) is 2.28. The molecule has 2 aromatic carbocycles. The van der Waals surface area contributed by atoms with Crippen LogP contribution in [0.3, 0.4) is 0 Å². The minimum Gasteiger partial charge on any atom is -0.497 e. The summed E-state index contributed by atoms with van der Waals surface area (Å²) in [4.78, 5) is 0. The van der Waals surface area contributed by atoms with E-state index in [0.717, 1.165) is 5.56 Å². The molecule has 2 rings (SSSR count). The molecular weight excluding hydrogens is 268 g/mol. The number of hydrogen-bond acceptors (Lipinski definition) is 4. The van der Waals surface area contributed by atoms with E-state index < -0.39 is 5.60 Å². The molecule has 0 aliphatic rings. The smallest absolute Gasteiger partial charge is 0.128 e. The highest BCUT2D eigenvalue weighted by Gasteiger charge is 2.29. The molecule has 1 unspecified atom stereocenters. The van der Waals surface area contributed by atoms with Crippen molar-refractivity contribution in [1.29, 1.82) is 0 Å². The van der Waals surface area contributed by atoms with Crippen LogP contribution >= 0.6 is 0 Å². The van der Waals surface area contributed by atoms with Crippen molar-refractivity contribution in [3.05, 3.63) is 53.6 Å². The molecule has 0 aliphatic heterocycles. The lowest BCUT2D eigenvalue weighted by Gasteiger charge is -2.27. The van der Waals surface area contributed by atoms with Crippen LogP contribution in [0, 0.1) is 0 Å². The second kappa shape index (κ2) is 6.06. The normalized spacial score (nSPS) is 13.4. The highest BCUT2D eigenvalue weighted by atomic mass is 16.5. The lowest BCUT2D eigenvalue weighted by atomic mass is 9.87. The maximum atomic E-state index is 11.0. The molecule has 2 aromatic rings. The summed E-state index contributed by atoms with van der Waals surface area (Å²) >= 11 is 0. The van der Waals surface area contributed by atoms with Crippen molar-refractivity contribution in [3.8, 4) is 17.2 Å². The fourth-order valence-corrected chi connectivity index (χ4v) is 2.28. The van der Waals surface area contributed by atoms with E-state index in [9.17, 15) is 5.11 Å². The van der Waals surface area contributed by atoms with Gasteiger partial charge in [0.05, 0.1) is 21.3 Å². The Bertz CT molecular complexity index is 620. The van der Waals surface area contributed by atoms with Gasteiger partial charge in [0.25, 0.3) is 0 Å². The van der Waals surface area contributed by atoms with Crippen LogP contribution in [0.4, 0.5) is 0 Å². The molecular formula is C17H20O4. The molecule has 0 saturated carbocycles. The van der Waals surface area contributed by atoms with Crippen LogP contribution < -0.4 is 14.2 Å². The van der Waals surface area contributed by atoms with Crippen molar-refractivity contribution in [2.45, 2.75) is 12.5 Å². The first-order valence-electron chi connectivity index (χ1n) is 6.62. The van der Waals surface area contributed by atoms with E-state index in [1.165, 1.54) is 0 Å². The Morgan fingerprint density at radius 3 is 2.14 bits per heavy atom. The monoisotopic (exact) mass is 288 g/mol. The summed E-state index contributed by atoms with van der Waals surface area (Å²) in [5, 5.41) is 11.0. The second-order valence-corrected chi connectivity index (χ2v) is 4.87. The van der Waals surface area contributed by atoms with Gasteiger partial charge in [0.15, 0.2) is 0 Å². The van der Waals surface area contributed by atoms with Crippen molar-refractivity contribution in [2.24, 2.45) is 0 Å². The van der Waals surface area contributed by atoms with E-state index in [4.69, 9.17) is 14.2 Å². The first-order valence-corrected chi connectivity index (χ1v) is 6.62. The molecule has 1 atom stereocenters. The third-order valence-corrected chi connectivity index (χ3v) is 3.57. The highest BCUT2D eigenvalue weighted by Crippen LogP contribution is 2.38. The minimum absolute atomic E-state index is 0.571. The van der Waals surface area contributed by atoms with Crippen molar-refractivity contribution in [1.82, 2.24) is 0 Å². The van der Waals surface area contributed by atoms with E-state index >= 15 is 0 Å². The van der Waals surface area contributed by atoms with Crippen molar-refractivity contribution >= 4 is 0 Å². The van der Waals surface area contributed by atoms with Gasteiger partial charge in [0, 0.05) is 11.6 Å². The third kappa shape index (κ3) is 2.95. The molecule has 0 spiro atoms. The molecule has 112 valence electrons. The van der Waals surface area contributed by atoms with E-state index in [1.54, 1.807) is 46.5 Å². The summed E-state index contributed by atoms with van der Waals surface area (Å²) in [6, 6.07) is 12.7. The van der Waals surface area contributed by atoms with E-state index in [-0.39, 0.29) is 0 Å². The van der Waals surface area contributed by atoms with Gasteiger partial charge < -0.3 is 19.3 Å². The molecule has 0 heterocycles. The number of rotatable bonds is 5. The largest absolute Gasteiger partial charge is 0.497 e. The summed E-state index contributed by atoms with van der Waals surface area (Å²) in [6.07, 6.45) is 0. The predicted molar refractivity (Wildman–Crippen MR) is 81.2 cm³/mol. The number of methoxy groups -OCH3 is 3. The molecule has 21 heavy (non-hydrogen) atoms. The van der Waals surface area contributed by atoms with Gasteiger partial charge in [-0.1, -0.05) is 12.1 Å². The average Bonchev–Trinajstić information content (AvgIpc) is 2.54. The van der Waals surface area contributed by atoms with Crippen LogP contribution in [-0.2, 0) is 5.60 Å². The average molecular weight is 288 g/mol. The molecule has 1 N–H and O–H groups in total. The van der Waals surface area contributed by atoms with Crippen molar-refractivity contribution < 1.29 is 19.3 Å². The fraction of sp³-hybridized carbons (Fsp3) is 0.294. The number of benzene rings is 2. The summed E-state index contributed by atoms with van der Waals surface area (Å²) in [6.45, 7) is 1.73. The molecule has 0 aromatic heterocycles. The van der Waals surface area contributed by atoms with Crippen LogP contribution in [0.25, 0.3) is 0 Å². The number of aliphatic hydroxyl groups is 1. The van der Waals surface area contributed by atoms with Gasteiger partial charge in [-0.05, 0) is 36.8 Å². The first-order chi connectivity index (χ1) is 10.0. The molecule has 0 bridgehead atoms. The number of hydrogen-bond donors (Lipinski definition) is 1. The molecule has 0 fully saturated rings. The van der Waals surface area contributed by atoms with Gasteiger partial charge in [-0.15, -0.1) is 0 Å². The van der Waals surface area contributed by atoms with Crippen LogP contribution in [0.5, 0.6) is 17.2 Å². The molecule has 0 saturated heterocycles. The Morgan fingerprint density at radius 1 is 0.857 bits per heavy atom. The van der Waals surface area contributed by atoms with Crippen LogP contribution in [-0.4, -0.2) is 26.4 Å². The van der Waals surface area contributed by atoms with Crippen LogP contribution in [0.2, 0.25) is 0 Å². The highest BCUT2D eigenvalue weighted by molar-refractivity contribution is 5.49. The molecule has 4 nitrogen and oxygen atoms in total. The van der Waals surface area contributed by atoms with Gasteiger partial charge in [-0.2, -0.15) is 0 Å². The Kier molecular flexibility index (Phi) is 4.38. The van der Waals surface area contributed by atoms with E-state index in [0.29, 0.717) is 22.8 Å². The van der Waals surface area contributed by atoms with Crippen LogP contribution in [0.1, 0.15) is 18.1 Å². The maximum Gasteiger partial charge on any atom is 0.128 e. The Hall–Kier alpha value is -2.20. The van der Waals surface area contributed by atoms with Gasteiger partial charge in [-0.3, -0.25) is 0 Å². The van der Waals surface area contributed by atoms with Gasteiger partial charge in [0.1, 0.15) is 22.8 Å². The Morgan fingerprint density at radius 2 is 1.52 bits per heavy atom. The first kappa shape index (κ1) is 15.2. The standard InChI is InChI=1S/C17H20O4/c1-17(18,12-6-5-7-13(10-12)19-2)15-9-8-14(20-3)11-16(15)21-4/h5-11,18H,1-4H3. The number of ether oxygens (including phenoxy) is 3. The predicted octanol–water partition coefficient (Wildman–Crippen LogP) is 2.97. The van der Waals surface area contributed by atoms with Gasteiger partial charge >= 0.3 is 0 Å². The Balaban J connectivity index is 2.51. The Labute approximate surface area is 124 Å². The summed E-state index contributed by atoms with van der Waals surface area (Å²) in [7, 11) is 4.76. The van der Waals surface area contributed by atoms with Crippen molar-refractivity contribution in [3.63, 3.8) is 0 Å².